The maximum Gasteiger partial charge on any atom is 0.348 e. The first-order valence-corrected chi connectivity index (χ1v) is 9.08. The minimum absolute atomic E-state index is 0.335. The molecule has 0 aromatic rings. The Morgan fingerprint density at radius 2 is 1.70 bits per heavy atom. The van der Waals surface area contributed by atoms with E-state index in [4.69, 9.17) is 9.47 Å². The minimum atomic E-state index is -0.818. The quantitative estimate of drug-likeness (QED) is 0.554. The molecule has 0 amide bonds. The molecule has 0 radical (unpaired) electrons. The van der Waals surface area contributed by atoms with Gasteiger partial charge in [0.05, 0.1) is 0 Å². The molecule has 4 aliphatic carbocycles. The maximum atomic E-state index is 12.6. The van der Waals surface area contributed by atoms with Crippen LogP contribution in [0.5, 0.6) is 0 Å². The summed E-state index contributed by atoms with van der Waals surface area (Å²) in [4.78, 5) is 24.1. The van der Waals surface area contributed by atoms with Gasteiger partial charge in [-0.1, -0.05) is 20.4 Å². The lowest BCUT2D eigenvalue weighted by Crippen LogP contribution is -2.60. The smallest absolute Gasteiger partial charge is 0.348 e. The van der Waals surface area contributed by atoms with Gasteiger partial charge in [-0.05, 0) is 68.6 Å². The number of carbonyl (C=O) groups is 2. The Hall–Kier alpha value is -1.32. The lowest BCUT2D eigenvalue weighted by atomic mass is 9.49. The predicted octanol–water partition coefficient (Wildman–Crippen LogP) is 3.64. The SMILES string of the molecule is C=CC(=O)OC(CC)C(=O)OC1(CC)C2CC3CC(C2)CC1C3. The average molecular weight is 320 g/mol. The van der Waals surface area contributed by atoms with Crippen LogP contribution in [0, 0.1) is 23.7 Å². The van der Waals surface area contributed by atoms with Crippen LogP contribution in [0.15, 0.2) is 12.7 Å². The highest BCUT2D eigenvalue weighted by molar-refractivity contribution is 5.85. The van der Waals surface area contributed by atoms with Crippen molar-refractivity contribution >= 4 is 11.9 Å². The molecule has 0 aromatic carbocycles. The summed E-state index contributed by atoms with van der Waals surface area (Å²) in [6, 6.07) is 0. The average Bonchev–Trinajstić information content (AvgIpc) is 2.55. The molecule has 0 aromatic heterocycles. The molecule has 1 atom stereocenters. The molecule has 128 valence electrons. The van der Waals surface area contributed by atoms with Crippen molar-refractivity contribution in [3.8, 4) is 0 Å². The van der Waals surface area contributed by atoms with E-state index in [0.717, 1.165) is 24.3 Å². The second-order valence-electron chi connectivity index (χ2n) is 7.57. The van der Waals surface area contributed by atoms with E-state index in [-0.39, 0.29) is 11.6 Å². The van der Waals surface area contributed by atoms with E-state index in [2.05, 4.69) is 13.5 Å². The molecule has 1 unspecified atom stereocenters. The van der Waals surface area contributed by atoms with E-state index in [1.54, 1.807) is 0 Å². The molecule has 4 aliphatic rings. The lowest BCUT2D eigenvalue weighted by molar-refractivity contribution is -0.219. The van der Waals surface area contributed by atoms with E-state index < -0.39 is 12.1 Å². The first kappa shape index (κ1) is 16.5. The Kier molecular flexibility index (Phi) is 4.52. The molecule has 4 saturated carbocycles. The van der Waals surface area contributed by atoms with Crippen molar-refractivity contribution in [2.24, 2.45) is 23.7 Å². The standard InChI is InChI=1S/C19H28O4/c1-4-16(22-17(20)5-2)18(21)23-19(6-3)14-8-12-7-13(10-14)11-15(19)9-12/h5,12-16H,2,4,6-11H2,1,3H3. The Morgan fingerprint density at radius 3 is 2.13 bits per heavy atom. The molecular weight excluding hydrogens is 292 g/mol. The van der Waals surface area contributed by atoms with Crippen molar-refractivity contribution < 1.29 is 19.1 Å². The molecule has 0 spiro atoms. The van der Waals surface area contributed by atoms with Crippen LogP contribution in [-0.4, -0.2) is 23.6 Å². The van der Waals surface area contributed by atoms with Gasteiger partial charge >= 0.3 is 11.9 Å². The molecule has 23 heavy (non-hydrogen) atoms. The zero-order valence-corrected chi connectivity index (χ0v) is 14.3. The summed E-state index contributed by atoms with van der Waals surface area (Å²) in [6.07, 6.45) is 7.70. The highest BCUT2D eigenvalue weighted by Crippen LogP contribution is 2.60. The van der Waals surface area contributed by atoms with Crippen LogP contribution in [0.25, 0.3) is 0 Å². The number of ether oxygens (including phenoxy) is 2. The molecule has 4 nitrogen and oxygen atoms in total. The molecule has 4 fully saturated rings. The van der Waals surface area contributed by atoms with Crippen molar-refractivity contribution in [2.45, 2.75) is 70.5 Å². The molecule has 4 rings (SSSR count). The fraction of sp³-hybridized carbons (Fsp3) is 0.789. The van der Waals surface area contributed by atoms with E-state index >= 15 is 0 Å². The summed E-state index contributed by atoms with van der Waals surface area (Å²) in [5.74, 6) is 1.69. The Morgan fingerprint density at radius 1 is 1.13 bits per heavy atom. The fourth-order valence-corrected chi connectivity index (χ4v) is 5.54. The van der Waals surface area contributed by atoms with Crippen LogP contribution >= 0.6 is 0 Å². The van der Waals surface area contributed by atoms with Gasteiger partial charge in [0.1, 0.15) is 5.60 Å². The van der Waals surface area contributed by atoms with Crippen molar-refractivity contribution in [2.75, 3.05) is 0 Å². The van der Waals surface area contributed by atoms with E-state index in [1.807, 2.05) is 6.92 Å². The minimum Gasteiger partial charge on any atom is -0.456 e. The number of hydrogen-bond donors (Lipinski definition) is 0. The van der Waals surface area contributed by atoms with Crippen LogP contribution < -0.4 is 0 Å². The number of rotatable bonds is 6. The molecule has 0 saturated heterocycles. The van der Waals surface area contributed by atoms with E-state index in [1.165, 1.54) is 32.1 Å². The second kappa shape index (κ2) is 6.29. The summed E-state index contributed by atoms with van der Waals surface area (Å²) >= 11 is 0. The Bertz CT molecular complexity index is 468. The van der Waals surface area contributed by atoms with Gasteiger partial charge in [0, 0.05) is 6.08 Å². The highest BCUT2D eigenvalue weighted by Gasteiger charge is 2.58. The normalized spacial score (nSPS) is 38.9. The van der Waals surface area contributed by atoms with Crippen LogP contribution in [0.4, 0.5) is 0 Å². The van der Waals surface area contributed by atoms with Crippen LogP contribution in [0.2, 0.25) is 0 Å². The van der Waals surface area contributed by atoms with Crippen LogP contribution in [0.1, 0.15) is 58.8 Å². The summed E-state index contributed by atoms with van der Waals surface area (Å²) in [6.45, 7) is 7.35. The van der Waals surface area contributed by atoms with Gasteiger partial charge in [-0.25, -0.2) is 9.59 Å². The van der Waals surface area contributed by atoms with Crippen molar-refractivity contribution in [3.05, 3.63) is 12.7 Å². The van der Waals surface area contributed by atoms with Gasteiger partial charge in [-0.2, -0.15) is 0 Å². The molecular formula is C19H28O4. The van der Waals surface area contributed by atoms with Gasteiger partial charge in [-0.3, -0.25) is 0 Å². The third kappa shape index (κ3) is 2.81. The van der Waals surface area contributed by atoms with Gasteiger partial charge in [0.15, 0.2) is 6.10 Å². The van der Waals surface area contributed by atoms with Crippen molar-refractivity contribution in [1.82, 2.24) is 0 Å². The van der Waals surface area contributed by atoms with E-state index in [9.17, 15) is 9.59 Å². The summed E-state index contributed by atoms with van der Waals surface area (Å²) in [5.41, 5.74) is -0.335. The lowest BCUT2D eigenvalue weighted by Gasteiger charge is -2.60. The summed E-state index contributed by atoms with van der Waals surface area (Å²) < 4.78 is 11.3. The Labute approximate surface area is 138 Å². The summed E-state index contributed by atoms with van der Waals surface area (Å²) in [5, 5.41) is 0. The van der Waals surface area contributed by atoms with Gasteiger partial charge in [-0.15, -0.1) is 0 Å². The van der Waals surface area contributed by atoms with Gasteiger partial charge in [0.2, 0.25) is 0 Å². The molecule has 0 N–H and O–H groups in total. The third-order valence-corrected chi connectivity index (χ3v) is 6.42. The number of hydrogen-bond acceptors (Lipinski definition) is 4. The molecule has 0 aliphatic heterocycles. The molecule has 0 heterocycles. The molecule has 4 bridgehead atoms. The number of carbonyl (C=O) groups excluding carboxylic acids is 2. The van der Waals surface area contributed by atoms with E-state index in [0.29, 0.717) is 18.3 Å². The van der Waals surface area contributed by atoms with Crippen molar-refractivity contribution in [3.63, 3.8) is 0 Å². The topological polar surface area (TPSA) is 52.6 Å². The third-order valence-electron chi connectivity index (χ3n) is 6.42. The highest BCUT2D eigenvalue weighted by atomic mass is 16.6. The van der Waals surface area contributed by atoms with Crippen LogP contribution in [0.3, 0.4) is 0 Å². The first-order chi connectivity index (χ1) is 11.0. The number of esters is 2. The van der Waals surface area contributed by atoms with Crippen LogP contribution in [-0.2, 0) is 19.1 Å². The van der Waals surface area contributed by atoms with Crippen molar-refractivity contribution in [1.29, 1.82) is 0 Å². The maximum absolute atomic E-state index is 12.6. The fourth-order valence-electron chi connectivity index (χ4n) is 5.54. The summed E-state index contributed by atoms with van der Waals surface area (Å²) in [7, 11) is 0. The molecule has 4 heteroatoms. The Balaban J connectivity index is 1.75. The predicted molar refractivity (Wildman–Crippen MR) is 86.5 cm³/mol. The largest absolute Gasteiger partial charge is 0.456 e. The zero-order valence-electron chi connectivity index (χ0n) is 14.3. The van der Waals surface area contributed by atoms with Gasteiger partial charge < -0.3 is 9.47 Å². The monoisotopic (exact) mass is 320 g/mol. The first-order valence-electron chi connectivity index (χ1n) is 9.08. The van der Waals surface area contributed by atoms with Gasteiger partial charge in [0.25, 0.3) is 0 Å². The zero-order chi connectivity index (χ0) is 16.6. The second-order valence-corrected chi connectivity index (χ2v) is 7.57.